The molecule has 2 bridgehead atoms. The van der Waals surface area contributed by atoms with Crippen LogP contribution in [0, 0.1) is 10.1 Å². The van der Waals surface area contributed by atoms with Gasteiger partial charge in [0.1, 0.15) is 0 Å². The van der Waals surface area contributed by atoms with Crippen molar-refractivity contribution in [1.29, 1.82) is 0 Å². The Balaban J connectivity index is 1.56. The molecular formula is C22H16N2O4. The molecule has 6 heteroatoms. The Morgan fingerprint density at radius 3 is 2.36 bits per heavy atom. The molecule has 2 atom stereocenters. The molecule has 2 aliphatic heterocycles. The number of nitro benzene ring substituents is 1. The van der Waals surface area contributed by atoms with Crippen LogP contribution in [0.5, 0.6) is 5.75 Å². The average Bonchev–Trinajstić information content (AvgIpc) is 2.96. The zero-order valence-corrected chi connectivity index (χ0v) is 14.8. The molecule has 0 N–H and O–H groups in total. The Bertz CT molecular complexity index is 1100. The predicted molar refractivity (Wildman–Crippen MR) is 102 cm³/mol. The van der Waals surface area contributed by atoms with E-state index in [1.54, 1.807) is 17.0 Å². The fourth-order valence-corrected chi connectivity index (χ4v) is 4.34. The first-order valence-corrected chi connectivity index (χ1v) is 9.05. The molecule has 0 saturated heterocycles. The molecule has 0 aromatic heterocycles. The summed E-state index contributed by atoms with van der Waals surface area (Å²) in [6.07, 6.45) is 0.116. The minimum Gasteiger partial charge on any atom is -0.403 e. The lowest BCUT2D eigenvalue weighted by atomic mass is 9.92. The van der Waals surface area contributed by atoms with Gasteiger partial charge in [0, 0.05) is 6.07 Å². The van der Waals surface area contributed by atoms with Crippen LogP contribution >= 0.6 is 0 Å². The number of carbonyl (C=O) groups excluding carboxylic acids is 1. The predicted octanol–water partition coefficient (Wildman–Crippen LogP) is 4.80. The average molecular weight is 372 g/mol. The number of hydrogen-bond donors (Lipinski definition) is 0. The van der Waals surface area contributed by atoms with Gasteiger partial charge in [-0.25, -0.2) is 4.79 Å². The maximum atomic E-state index is 13.2. The van der Waals surface area contributed by atoms with E-state index in [0.717, 1.165) is 16.7 Å². The fraction of sp³-hybridized carbons (Fsp3) is 0.136. The maximum absolute atomic E-state index is 13.2. The number of amides is 1. The highest BCUT2D eigenvalue weighted by Crippen LogP contribution is 2.51. The zero-order chi connectivity index (χ0) is 19.3. The molecule has 0 radical (unpaired) electrons. The summed E-state index contributed by atoms with van der Waals surface area (Å²) in [5, 5.41) is 11.3. The quantitative estimate of drug-likeness (QED) is 0.479. The third-order valence-electron chi connectivity index (χ3n) is 5.50. The number of nitrogens with zero attached hydrogens (tertiary/aromatic N) is 2. The topological polar surface area (TPSA) is 72.7 Å². The largest absolute Gasteiger partial charge is 0.416 e. The van der Waals surface area contributed by atoms with Gasteiger partial charge in [0.25, 0.3) is 0 Å². The van der Waals surface area contributed by atoms with Gasteiger partial charge < -0.3 is 4.74 Å². The standard InChI is InChI=1S/C22H16N2O4/c25-22(28-20-12-6-5-11-18(20)24(26)27)23-19-13-14-7-1-2-8-15(14)21(23)17-10-4-3-9-16(17)19/h1-12,19,21H,13H2. The summed E-state index contributed by atoms with van der Waals surface area (Å²) in [4.78, 5) is 25.6. The molecule has 138 valence electrons. The first-order chi connectivity index (χ1) is 13.6. The SMILES string of the molecule is O=C(Oc1ccccc1[N+](=O)[O-])N1C2Cc3ccccc3C1c1ccccc12. The molecule has 0 saturated carbocycles. The molecule has 3 aromatic carbocycles. The number of para-hydroxylation sites is 2. The molecule has 6 nitrogen and oxygen atoms in total. The van der Waals surface area contributed by atoms with Crippen LogP contribution in [0.15, 0.2) is 72.8 Å². The number of carbonyl (C=O) groups is 1. The first kappa shape index (κ1) is 16.5. The van der Waals surface area contributed by atoms with Gasteiger partial charge in [0.15, 0.2) is 0 Å². The van der Waals surface area contributed by atoms with Crippen LogP contribution in [0.25, 0.3) is 0 Å². The number of fused-ring (bicyclic) bond motifs is 7. The van der Waals surface area contributed by atoms with E-state index in [9.17, 15) is 14.9 Å². The summed E-state index contributed by atoms with van der Waals surface area (Å²) in [6.45, 7) is 0. The summed E-state index contributed by atoms with van der Waals surface area (Å²) >= 11 is 0. The molecule has 0 spiro atoms. The smallest absolute Gasteiger partial charge is 0.403 e. The lowest BCUT2D eigenvalue weighted by molar-refractivity contribution is -0.385. The van der Waals surface area contributed by atoms with E-state index < -0.39 is 11.0 Å². The van der Waals surface area contributed by atoms with Crippen LogP contribution in [0.2, 0.25) is 0 Å². The van der Waals surface area contributed by atoms with E-state index in [-0.39, 0.29) is 23.5 Å². The third-order valence-corrected chi connectivity index (χ3v) is 5.50. The number of rotatable bonds is 2. The normalized spacial score (nSPS) is 18.9. The lowest BCUT2D eigenvalue weighted by Crippen LogP contribution is -2.39. The van der Waals surface area contributed by atoms with Gasteiger partial charge in [-0.05, 0) is 34.7 Å². The highest BCUT2D eigenvalue weighted by atomic mass is 16.6. The molecule has 2 aliphatic rings. The molecule has 1 amide bonds. The Labute approximate surface area is 161 Å². The van der Waals surface area contributed by atoms with Gasteiger partial charge in [0.2, 0.25) is 5.75 Å². The van der Waals surface area contributed by atoms with Crippen molar-refractivity contribution in [2.24, 2.45) is 0 Å². The van der Waals surface area contributed by atoms with E-state index in [2.05, 4.69) is 6.07 Å². The molecular weight excluding hydrogens is 356 g/mol. The van der Waals surface area contributed by atoms with Crippen molar-refractivity contribution >= 4 is 11.8 Å². The summed E-state index contributed by atoms with van der Waals surface area (Å²) in [7, 11) is 0. The molecule has 2 unspecified atom stereocenters. The minimum atomic E-state index is -0.574. The second-order valence-electron chi connectivity index (χ2n) is 6.95. The number of hydrogen-bond acceptors (Lipinski definition) is 4. The summed E-state index contributed by atoms with van der Waals surface area (Å²) < 4.78 is 5.52. The summed E-state index contributed by atoms with van der Waals surface area (Å²) in [5.74, 6) is -0.0418. The molecule has 28 heavy (non-hydrogen) atoms. The van der Waals surface area contributed by atoms with Crippen LogP contribution in [0.4, 0.5) is 10.5 Å². The van der Waals surface area contributed by atoms with Crippen molar-refractivity contribution < 1.29 is 14.5 Å². The van der Waals surface area contributed by atoms with Crippen molar-refractivity contribution in [2.45, 2.75) is 18.5 Å². The van der Waals surface area contributed by atoms with Gasteiger partial charge in [0.05, 0.1) is 17.0 Å². The molecule has 5 rings (SSSR count). The van der Waals surface area contributed by atoms with Crippen molar-refractivity contribution in [1.82, 2.24) is 4.90 Å². The number of benzene rings is 3. The number of nitro groups is 1. The summed E-state index contributed by atoms with van der Waals surface area (Å²) in [6, 6.07) is 21.6. The Hall–Kier alpha value is -3.67. The van der Waals surface area contributed by atoms with E-state index in [4.69, 9.17) is 4.74 Å². The van der Waals surface area contributed by atoms with Crippen molar-refractivity contribution in [3.05, 3.63) is 105 Å². The molecule has 2 heterocycles. The summed E-state index contributed by atoms with van der Waals surface area (Å²) in [5.41, 5.74) is 4.24. The number of ether oxygens (including phenoxy) is 1. The van der Waals surface area contributed by atoms with Crippen LogP contribution in [-0.2, 0) is 6.42 Å². The van der Waals surface area contributed by atoms with Crippen LogP contribution in [0.1, 0.15) is 34.3 Å². The highest BCUT2D eigenvalue weighted by molar-refractivity contribution is 5.76. The van der Waals surface area contributed by atoms with E-state index in [1.807, 2.05) is 42.5 Å². The van der Waals surface area contributed by atoms with E-state index in [1.165, 1.54) is 17.7 Å². The van der Waals surface area contributed by atoms with Gasteiger partial charge in [-0.15, -0.1) is 0 Å². The zero-order valence-electron chi connectivity index (χ0n) is 14.8. The Kier molecular flexibility index (Phi) is 3.65. The first-order valence-electron chi connectivity index (χ1n) is 9.05. The molecule has 0 fully saturated rings. The fourth-order valence-electron chi connectivity index (χ4n) is 4.34. The minimum absolute atomic E-state index is 0.0418. The van der Waals surface area contributed by atoms with E-state index in [0.29, 0.717) is 6.42 Å². The van der Waals surface area contributed by atoms with Crippen LogP contribution < -0.4 is 4.74 Å². The van der Waals surface area contributed by atoms with Crippen molar-refractivity contribution in [3.63, 3.8) is 0 Å². The molecule has 3 aromatic rings. The maximum Gasteiger partial charge on any atom is 0.416 e. The Morgan fingerprint density at radius 2 is 1.57 bits per heavy atom. The van der Waals surface area contributed by atoms with Crippen molar-refractivity contribution in [2.75, 3.05) is 0 Å². The van der Waals surface area contributed by atoms with Gasteiger partial charge in [-0.1, -0.05) is 60.7 Å². The second-order valence-corrected chi connectivity index (χ2v) is 6.95. The van der Waals surface area contributed by atoms with Crippen LogP contribution in [0.3, 0.4) is 0 Å². The van der Waals surface area contributed by atoms with Crippen molar-refractivity contribution in [3.8, 4) is 5.75 Å². The molecule has 0 aliphatic carbocycles. The van der Waals surface area contributed by atoms with Gasteiger partial charge in [-0.3, -0.25) is 15.0 Å². The monoisotopic (exact) mass is 372 g/mol. The van der Waals surface area contributed by atoms with Crippen LogP contribution in [-0.4, -0.2) is 15.9 Å². The second kappa shape index (κ2) is 6.20. The highest BCUT2D eigenvalue weighted by Gasteiger charge is 2.47. The van der Waals surface area contributed by atoms with Gasteiger partial charge >= 0.3 is 11.8 Å². The van der Waals surface area contributed by atoms with Gasteiger partial charge in [-0.2, -0.15) is 0 Å². The lowest BCUT2D eigenvalue weighted by Gasteiger charge is -2.35. The Morgan fingerprint density at radius 1 is 0.929 bits per heavy atom. The van der Waals surface area contributed by atoms with E-state index >= 15 is 0 Å². The third kappa shape index (κ3) is 2.38.